The van der Waals surface area contributed by atoms with E-state index in [0.717, 1.165) is 32.4 Å². The first-order valence-electron chi connectivity index (χ1n) is 8.44. The Labute approximate surface area is 155 Å². The molecule has 0 radical (unpaired) electrons. The monoisotopic (exact) mass is 369 g/mol. The maximum atomic E-state index is 12.2. The Balaban J connectivity index is 0.00000312. The summed E-state index contributed by atoms with van der Waals surface area (Å²) < 4.78 is 4.83. The molecule has 0 spiro atoms. The molecule has 3 N–H and O–H groups in total. The molecule has 0 aromatic heterocycles. The summed E-state index contributed by atoms with van der Waals surface area (Å²) in [5.41, 5.74) is 6.97. The van der Waals surface area contributed by atoms with E-state index >= 15 is 0 Å². The predicted octanol–water partition coefficient (Wildman–Crippen LogP) is 0.979. The summed E-state index contributed by atoms with van der Waals surface area (Å²) in [5.74, 6) is 0.205. The third-order valence-electron chi connectivity index (χ3n) is 4.43. The van der Waals surface area contributed by atoms with Crippen molar-refractivity contribution >= 4 is 24.2 Å². The van der Waals surface area contributed by atoms with Crippen LogP contribution in [0.2, 0.25) is 0 Å². The molecule has 1 aliphatic heterocycles. The Morgan fingerprint density at radius 3 is 2.52 bits per heavy atom. The number of carbonyl (C=O) groups excluding carboxylic acids is 2. The van der Waals surface area contributed by atoms with Gasteiger partial charge < -0.3 is 20.7 Å². The van der Waals surface area contributed by atoms with E-state index < -0.39 is 6.04 Å². The summed E-state index contributed by atoms with van der Waals surface area (Å²) in [4.78, 5) is 25.7. The molecule has 1 unspecified atom stereocenters. The standard InChI is InChI=1S/C18H27N3O3.ClH/c1-24-13-16(19)18(23)20-12-17(22)21-9-7-15(8-10-21)11-14-5-3-2-4-6-14;/h2-6,15-16H,7-13,19H2,1H3,(H,20,23);1H. The molecule has 0 aliphatic carbocycles. The molecule has 25 heavy (non-hydrogen) atoms. The van der Waals surface area contributed by atoms with E-state index in [1.54, 1.807) is 0 Å². The first-order chi connectivity index (χ1) is 11.6. The van der Waals surface area contributed by atoms with Gasteiger partial charge in [-0.15, -0.1) is 12.4 Å². The summed E-state index contributed by atoms with van der Waals surface area (Å²) in [6, 6.07) is 9.71. The average Bonchev–Trinajstić information content (AvgIpc) is 2.61. The number of carbonyl (C=O) groups is 2. The van der Waals surface area contributed by atoms with Crippen LogP contribution in [0.1, 0.15) is 18.4 Å². The van der Waals surface area contributed by atoms with Crippen molar-refractivity contribution in [2.75, 3.05) is 33.4 Å². The zero-order valence-electron chi connectivity index (χ0n) is 14.6. The fourth-order valence-electron chi connectivity index (χ4n) is 2.99. The number of methoxy groups -OCH3 is 1. The Hall–Kier alpha value is -1.63. The topological polar surface area (TPSA) is 84.7 Å². The summed E-state index contributed by atoms with van der Waals surface area (Å²) in [5, 5.41) is 2.58. The number of nitrogens with one attached hydrogen (secondary N) is 1. The van der Waals surface area contributed by atoms with Gasteiger partial charge in [0, 0.05) is 20.2 Å². The highest BCUT2D eigenvalue weighted by Crippen LogP contribution is 2.21. The van der Waals surface area contributed by atoms with Crippen LogP contribution in [0, 0.1) is 5.92 Å². The number of piperidine rings is 1. The van der Waals surface area contributed by atoms with Crippen molar-refractivity contribution < 1.29 is 14.3 Å². The van der Waals surface area contributed by atoms with Gasteiger partial charge in [-0.1, -0.05) is 30.3 Å². The smallest absolute Gasteiger partial charge is 0.241 e. The van der Waals surface area contributed by atoms with Gasteiger partial charge in [0.25, 0.3) is 0 Å². The van der Waals surface area contributed by atoms with Gasteiger partial charge in [-0.2, -0.15) is 0 Å². The number of halogens is 1. The first kappa shape index (κ1) is 21.4. The third kappa shape index (κ3) is 7.02. The highest BCUT2D eigenvalue weighted by Gasteiger charge is 2.23. The molecule has 2 amide bonds. The number of nitrogens with two attached hydrogens (primary N) is 1. The maximum absolute atomic E-state index is 12.2. The normalized spacial score (nSPS) is 16.0. The van der Waals surface area contributed by atoms with Crippen LogP contribution in [0.15, 0.2) is 30.3 Å². The highest BCUT2D eigenvalue weighted by molar-refractivity contribution is 5.87. The van der Waals surface area contributed by atoms with Gasteiger partial charge in [0.1, 0.15) is 6.04 Å². The van der Waals surface area contributed by atoms with Crippen LogP contribution in [0.5, 0.6) is 0 Å². The summed E-state index contributed by atoms with van der Waals surface area (Å²) in [6.45, 7) is 1.64. The van der Waals surface area contributed by atoms with Crippen molar-refractivity contribution in [2.24, 2.45) is 11.7 Å². The minimum absolute atomic E-state index is 0. The molecular weight excluding hydrogens is 342 g/mol. The molecule has 1 atom stereocenters. The molecule has 1 aliphatic rings. The van der Waals surface area contributed by atoms with Gasteiger partial charge in [0.2, 0.25) is 11.8 Å². The molecule has 0 saturated carbocycles. The van der Waals surface area contributed by atoms with Gasteiger partial charge in [-0.3, -0.25) is 9.59 Å². The van der Waals surface area contributed by atoms with Crippen LogP contribution in [0.3, 0.4) is 0 Å². The first-order valence-corrected chi connectivity index (χ1v) is 8.44. The molecule has 140 valence electrons. The third-order valence-corrected chi connectivity index (χ3v) is 4.43. The second-order valence-corrected chi connectivity index (χ2v) is 6.29. The molecule has 1 aromatic rings. The number of hydrogen-bond acceptors (Lipinski definition) is 4. The molecule has 7 heteroatoms. The Kier molecular flexibility index (Phi) is 9.49. The molecule has 1 saturated heterocycles. The maximum Gasteiger partial charge on any atom is 0.241 e. The van der Waals surface area contributed by atoms with Crippen LogP contribution in [-0.4, -0.2) is 56.1 Å². The molecule has 1 aromatic carbocycles. The average molecular weight is 370 g/mol. The van der Waals surface area contributed by atoms with E-state index in [-0.39, 0.29) is 37.4 Å². The Morgan fingerprint density at radius 1 is 1.28 bits per heavy atom. The van der Waals surface area contributed by atoms with Crippen LogP contribution in [-0.2, 0) is 20.7 Å². The highest BCUT2D eigenvalue weighted by atomic mass is 35.5. The van der Waals surface area contributed by atoms with E-state index in [1.165, 1.54) is 12.7 Å². The summed E-state index contributed by atoms with van der Waals surface area (Å²) in [6.07, 6.45) is 3.06. The predicted molar refractivity (Wildman–Crippen MR) is 99.6 cm³/mol. The minimum atomic E-state index is -0.737. The fraction of sp³-hybridized carbons (Fsp3) is 0.556. The van der Waals surface area contributed by atoms with Crippen molar-refractivity contribution in [3.63, 3.8) is 0 Å². The summed E-state index contributed by atoms with van der Waals surface area (Å²) in [7, 11) is 1.48. The summed E-state index contributed by atoms with van der Waals surface area (Å²) >= 11 is 0. The van der Waals surface area contributed by atoms with E-state index in [9.17, 15) is 9.59 Å². The zero-order chi connectivity index (χ0) is 17.4. The van der Waals surface area contributed by atoms with Crippen LogP contribution < -0.4 is 11.1 Å². The van der Waals surface area contributed by atoms with E-state index in [1.807, 2.05) is 11.0 Å². The number of hydrogen-bond donors (Lipinski definition) is 2. The van der Waals surface area contributed by atoms with Gasteiger partial charge in [0.05, 0.1) is 13.2 Å². The molecule has 1 fully saturated rings. The SMILES string of the molecule is COCC(N)C(=O)NCC(=O)N1CCC(Cc2ccccc2)CC1.Cl. The molecular formula is C18H28ClN3O3. The van der Waals surface area contributed by atoms with Crippen molar-refractivity contribution in [3.8, 4) is 0 Å². The van der Waals surface area contributed by atoms with Gasteiger partial charge in [-0.25, -0.2) is 0 Å². The molecule has 2 rings (SSSR count). The number of amides is 2. The van der Waals surface area contributed by atoms with Crippen molar-refractivity contribution in [1.29, 1.82) is 0 Å². The number of rotatable bonds is 7. The van der Waals surface area contributed by atoms with Gasteiger partial charge in [0.15, 0.2) is 0 Å². The second kappa shape index (κ2) is 11.1. The van der Waals surface area contributed by atoms with E-state index in [0.29, 0.717) is 5.92 Å². The van der Waals surface area contributed by atoms with Crippen LogP contribution in [0.4, 0.5) is 0 Å². The van der Waals surface area contributed by atoms with Crippen molar-refractivity contribution in [2.45, 2.75) is 25.3 Å². The number of ether oxygens (including phenoxy) is 1. The lowest BCUT2D eigenvalue weighted by Gasteiger charge is -2.32. The fourth-order valence-corrected chi connectivity index (χ4v) is 2.99. The Bertz CT molecular complexity index is 534. The van der Waals surface area contributed by atoms with Crippen molar-refractivity contribution in [1.82, 2.24) is 10.2 Å². The number of benzene rings is 1. The lowest BCUT2D eigenvalue weighted by Crippen LogP contribution is -2.49. The van der Waals surface area contributed by atoms with Gasteiger partial charge >= 0.3 is 0 Å². The van der Waals surface area contributed by atoms with Crippen molar-refractivity contribution in [3.05, 3.63) is 35.9 Å². The lowest BCUT2D eigenvalue weighted by atomic mass is 9.90. The molecule has 6 nitrogen and oxygen atoms in total. The molecule has 0 bridgehead atoms. The molecule has 1 heterocycles. The van der Waals surface area contributed by atoms with E-state index in [4.69, 9.17) is 10.5 Å². The van der Waals surface area contributed by atoms with Crippen LogP contribution >= 0.6 is 12.4 Å². The minimum Gasteiger partial charge on any atom is -0.383 e. The zero-order valence-corrected chi connectivity index (χ0v) is 15.5. The van der Waals surface area contributed by atoms with Gasteiger partial charge in [-0.05, 0) is 30.7 Å². The van der Waals surface area contributed by atoms with E-state index in [2.05, 4.69) is 29.6 Å². The number of likely N-dealkylation sites (tertiary alicyclic amines) is 1. The second-order valence-electron chi connectivity index (χ2n) is 6.29. The largest absolute Gasteiger partial charge is 0.383 e. The van der Waals surface area contributed by atoms with Crippen LogP contribution in [0.25, 0.3) is 0 Å². The Morgan fingerprint density at radius 2 is 1.92 bits per heavy atom. The lowest BCUT2D eigenvalue weighted by molar-refractivity contribution is -0.134. The quantitative estimate of drug-likeness (QED) is 0.750. The number of nitrogens with zero attached hydrogens (tertiary/aromatic N) is 1.